The van der Waals surface area contributed by atoms with Gasteiger partial charge in [0.25, 0.3) is 0 Å². The molecule has 1 N–H and O–H groups in total. The van der Waals surface area contributed by atoms with E-state index in [2.05, 4.69) is 15.3 Å². The second-order valence-electron chi connectivity index (χ2n) is 5.83. The van der Waals surface area contributed by atoms with E-state index < -0.39 is 11.9 Å². The van der Waals surface area contributed by atoms with Gasteiger partial charge >= 0.3 is 6.09 Å². The van der Waals surface area contributed by atoms with E-state index in [4.69, 9.17) is 14.2 Å². The number of hydrogen-bond donors (Lipinski definition) is 1. The number of ether oxygens (including phenoxy) is 3. The molecular formula is C17H19N3O4. The van der Waals surface area contributed by atoms with Gasteiger partial charge < -0.3 is 14.2 Å². The summed E-state index contributed by atoms with van der Waals surface area (Å²) in [5.74, 6) is -0.115. The number of benzene rings is 1. The van der Waals surface area contributed by atoms with E-state index in [0.29, 0.717) is 18.1 Å². The van der Waals surface area contributed by atoms with Gasteiger partial charge in [0.1, 0.15) is 12.7 Å². The first-order chi connectivity index (χ1) is 11.5. The maximum Gasteiger partial charge on any atom is 0.412 e. The summed E-state index contributed by atoms with van der Waals surface area (Å²) in [7, 11) is 0. The van der Waals surface area contributed by atoms with E-state index in [1.54, 1.807) is 0 Å². The second kappa shape index (κ2) is 6.94. The molecule has 0 radical (unpaired) electrons. The molecule has 3 rings (SSSR count). The zero-order valence-corrected chi connectivity index (χ0v) is 13.6. The second-order valence-corrected chi connectivity index (χ2v) is 5.83. The van der Waals surface area contributed by atoms with E-state index in [1.807, 2.05) is 44.2 Å². The third-order valence-corrected chi connectivity index (χ3v) is 3.43. The van der Waals surface area contributed by atoms with Crippen LogP contribution >= 0.6 is 0 Å². The first kappa shape index (κ1) is 16.4. The Bertz CT molecular complexity index is 689. The van der Waals surface area contributed by atoms with Crippen LogP contribution in [0.2, 0.25) is 0 Å². The Hall–Kier alpha value is -2.51. The van der Waals surface area contributed by atoms with Crippen molar-refractivity contribution in [3.63, 3.8) is 0 Å². The van der Waals surface area contributed by atoms with Gasteiger partial charge in [-0.3, -0.25) is 5.32 Å². The fourth-order valence-electron chi connectivity index (χ4n) is 2.26. The molecular weight excluding hydrogens is 310 g/mol. The van der Waals surface area contributed by atoms with E-state index >= 15 is 0 Å². The summed E-state index contributed by atoms with van der Waals surface area (Å²) in [5.41, 5.74) is 1.37. The molecule has 1 aromatic heterocycles. The van der Waals surface area contributed by atoms with E-state index in [9.17, 15) is 4.79 Å². The number of nitrogens with one attached hydrogen (secondary N) is 1. The fourth-order valence-corrected chi connectivity index (χ4v) is 2.26. The molecule has 1 saturated heterocycles. The van der Waals surface area contributed by atoms with Gasteiger partial charge in [0.2, 0.25) is 0 Å². The molecule has 7 nitrogen and oxygen atoms in total. The number of nitrogens with zero attached hydrogens (tertiary/aromatic N) is 2. The van der Waals surface area contributed by atoms with Gasteiger partial charge in [-0.05, 0) is 19.4 Å². The number of rotatable bonds is 4. The van der Waals surface area contributed by atoms with Crippen LogP contribution in [0.1, 0.15) is 31.3 Å². The number of carbonyl (C=O) groups excluding carboxylic acids is 1. The first-order valence-electron chi connectivity index (χ1n) is 7.63. The lowest BCUT2D eigenvalue weighted by Gasteiger charge is -2.16. The van der Waals surface area contributed by atoms with Gasteiger partial charge in [-0.15, -0.1) is 0 Å². The minimum atomic E-state index is -0.633. The molecule has 2 heterocycles. The van der Waals surface area contributed by atoms with Gasteiger partial charge in [-0.2, -0.15) is 0 Å². The molecule has 0 saturated carbocycles. The Kier molecular flexibility index (Phi) is 4.73. The maximum absolute atomic E-state index is 11.8. The number of carbonyl (C=O) groups is 1. The van der Waals surface area contributed by atoms with Gasteiger partial charge in [0, 0.05) is 0 Å². The third kappa shape index (κ3) is 4.27. The van der Waals surface area contributed by atoms with E-state index in [-0.39, 0.29) is 12.7 Å². The lowest BCUT2D eigenvalue weighted by atomic mass is 10.2. The number of aromatic nitrogens is 2. The minimum absolute atomic E-state index is 0.202. The summed E-state index contributed by atoms with van der Waals surface area (Å²) in [5, 5.41) is 2.59. The van der Waals surface area contributed by atoms with Crippen LogP contribution in [0.25, 0.3) is 0 Å². The highest BCUT2D eigenvalue weighted by Crippen LogP contribution is 2.30. The molecule has 1 atom stereocenters. The van der Waals surface area contributed by atoms with Gasteiger partial charge in [0.05, 0.1) is 24.7 Å². The Balaban J connectivity index is 1.51. The SMILES string of the molecule is CC1(C)OCC(c2ncc(NC(=O)OCc3ccccc3)cn2)O1. The highest BCUT2D eigenvalue weighted by Gasteiger charge is 2.35. The van der Waals surface area contributed by atoms with Gasteiger partial charge in [-0.25, -0.2) is 14.8 Å². The van der Waals surface area contributed by atoms with E-state index in [1.165, 1.54) is 12.4 Å². The molecule has 0 aliphatic carbocycles. The van der Waals surface area contributed by atoms with Crippen molar-refractivity contribution >= 4 is 11.8 Å². The van der Waals surface area contributed by atoms with Crippen LogP contribution in [0, 0.1) is 0 Å². The molecule has 24 heavy (non-hydrogen) atoms. The number of anilines is 1. The lowest BCUT2D eigenvalue weighted by Crippen LogP contribution is -2.20. The van der Waals surface area contributed by atoms with Crippen molar-refractivity contribution in [3.05, 3.63) is 54.1 Å². The van der Waals surface area contributed by atoms with Crippen molar-refractivity contribution in [2.24, 2.45) is 0 Å². The highest BCUT2D eigenvalue weighted by molar-refractivity contribution is 5.83. The summed E-state index contributed by atoms with van der Waals surface area (Å²) < 4.78 is 16.3. The van der Waals surface area contributed by atoms with Crippen LogP contribution in [0.5, 0.6) is 0 Å². The quantitative estimate of drug-likeness (QED) is 0.928. The topological polar surface area (TPSA) is 82.6 Å². The zero-order valence-electron chi connectivity index (χ0n) is 13.6. The number of amides is 1. The first-order valence-corrected chi connectivity index (χ1v) is 7.63. The molecule has 0 bridgehead atoms. The van der Waals surface area contributed by atoms with Crippen LogP contribution in [-0.4, -0.2) is 28.5 Å². The monoisotopic (exact) mass is 329 g/mol. The predicted molar refractivity (Wildman–Crippen MR) is 86.1 cm³/mol. The molecule has 1 aromatic carbocycles. The van der Waals surface area contributed by atoms with E-state index in [0.717, 1.165) is 5.56 Å². The maximum atomic E-state index is 11.8. The zero-order chi connectivity index (χ0) is 17.0. The molecule has 126 valence electrons. The molecule has 2 aromatic rings. The lowest BCUT2D eigenvalue weighted by molar-refractivity contribution is -0.139. The van der Waals surface area contributed by atoms with Crippen LogP contribution < -0.4 is 5.32 Å². The number of hydrogen-bond acceptors (Lipinski definition) is 6. The summed E-state index contributed by atoms with van der Waals surface area (Å²) in [4.78, 5) is 20.2. The minimum Gasteiger partial charge on any atom is -0.444 e. The highest BCUT2D eigenvalue weighted by atomic mass is 16.7. The van der Waals surface area contributed by atoms with Crippen LogP contribution in [-0.2, 0) is 20.8 Å². The van der Waals surface area contributed by atoms with Crippen LogP contribution in [0.3, 0.4) is 0 Å². The largest absolute Gasteiger partial charge is 0.444 e. The van der Waals surface area contributed by atoms with Crippen molar-refractivity contribution in [1.82, 2.24) is 9.97 Å². The van der Waals surface area contributed by atoms with Gasteiger partial charge in [-0.1, -0.05) is 30.3 Å². The third-order valence-electron chi connectivity index (χ3n) is 3.43. The Labute approximate surface area is 140 Å². The van der Waals surface area contributed by atoms with Crippen molar-refractivity contribution in [1.29, 1.82) is 0 Å². The van der Waals surface area contributed by atoms with Crippen LogP contribution in [0.15, 0.2) is 42.7 Å². The molecule has 1 fully saturated rings. The Morgan fingerprint density at radius 3 is 2.62 bits per heavy atom. The standard InChI is InChI=1S/C17H19N3O4/c1-17(2)23-11-14(24-17)15-18-8-13(9-19-15)20-16(21)22-10-12-6-4-3-5-7-12/h3-9,14H,10-11H2,1-2H3,(H,20,21). The Morgan fingerprint density at radius 2 is 2.00 bits per heavy atom. The molecule has 1 aliphatic rings. The summed E-state index contributed by atoms with van der Waals surface area (Å²) in [6, 6.07) is 9.45. The summed E-state index contributed by atoms with van der Waals surface area (Å²) in [6.07, 6.45) is 2.16. The van der Waals surface area contributed by atoms with Crippen molar-refractivity contribution in [2.75, 3.05) is 11.9 Å². The van der Waals surface area contributed by atoms with Crippen LogP contribution in [0.4, 0.5) is 10.5 Å². The van der Waals surface area contributed by atoms with Crippen molar-refractivity contribution < 1.29 is 19.0 Å². The molecule has 0 spiro atoms. The molecule has 1 amide bonds. The molecule has 7 heteroatoms. The fraction of sp³-hybridized carbons (Fsp3) is 0.353. The smallest absolute Gasteiger partial charge is 0.412 e. The average molecular weight is 329 g/mol. The summed E-state index contributed by atoms with van der Waals surface area (Å²) in [6.45, 7) is 4.28. The van der Waals surface area contributed by atoms with Crippen molar-refractivity contribution in [3.8, 4) is 0 Å². The predicted octanol–water partition coefficient (Wildman–Crippen LogP) is 3.05. The normalized spacial score (nSPS) is 19.0. The molecule has 1 aliphatic heterocycles. The summed E-state index contributed by atoms with van der Waals surface area (Å²) >= 11 is 0. The molecule has 1 unspecified atom stereocenters. The Morgan fingerprint density at radius 1 is 1.29 bits per heavy atom. The average Bonchev–Trinajstić information content (AvgIpc) is 2.95. The van der Waals surface area contributed by atoms with Gasteiger partial charge in [0.15, 0.2) is 11.6 Å². The van der Waals surface area contributed by atoms with Crippen molar-refractivity contribution in [2.45, 2.75) is 32.3 Å².